The maximum absolute atomic E-state index is 13.1. The number of hydrogen-bond donors (Lipinski definition) is 13. The molecule has 4 rings (SSSR count). The third-order valence-electron chi connectivity index (χ3n) is 9.25. The summed E-state index contributed by atoms with van der Waals surface area (Å²) in [5, 5.41) is 103. The second-order valence-corrected chi connectivity index (χ2v) is 13.0. The summed E-state index contributed by atoms with van der Waals surface area (Å²) < 4.78 is 10.2. The van der Waals surface area contributed by atoms with E-state index in [2.05, 4.69) is 24.8 Å². The molecule has 300 valence electrons. The number of aliphatic hydroxyl groups is 10. The molecule has 20 nitrogen and oxygen atoms in total. The van der Waals surface area contributed by atoms with Gasteiger partial charge in [0.25, 0.3) is 11.7 Å². The van der Waals surface area contributed by atoms with Crippen molar-refractivity contribution in [3.05, 3.63) is 42.0 Å². The Morgan fingerprint density at radius 2 is 1.54 bits per heavy atom. The van der Waals surface area contributed by atoms with Crippen molar-refractivity contribution >= 4 is 33.9 Å². The first-order chi connectivity index (χ1) is 25.8. The molecule has 0 spiro atoms. The van der Waals surface area contributed by atoms with Crippen molar-refractivity contribution in [1.29, 1.82) is 0 Å². The fraction of sp³-hybridized carbons (Fsp3) is 0.588. The summed E-state index contributed by atoms with van der Waals surface area (Å²) in [6.45, 7) is 3.03. The largest absolute Gasteiger partial charge is 0.493 e. The standard InChI is InChI=1S/C34H52N8O12/c1-3-41-20-7-6-18(12-21(20)42(4-2)26(41)13-37-34(53)27-32(35)39-33-19(38-27)8-9-36-33)54-11-5-10-40(14-22(45)28(49)30(51)24(47)16-43)15-23(46)29(50)31(52)25(48)17-44/h6-9,12,22-25,28-31,43-52H,3-5,10-11,13-17H2,1-2H3,(H3-,35,36,37,38,39,53)/p+1. The number of carbonyl (C=O) groups excluding carboxylic acids is 1. The number of nitrogen functional groups attached to an aromatic ring is 1. The lowest BCUT2D eigenvalue weighted by Crippen LogP contribution is -2.53. The quantitative estimate of drug-likeness (QED) is 0.0266. The van der Waals surface area contributed by atoms with E-state index in [4.69, 9.17) is 20.7 Å². The van der Waals surface area contributed by atoms with Crippen LogP contribution in [0.3, 0.4) is 0 Å². The molecule has 3 heterocycles. The van der Waals surface area contributed by atoms with Crippen LogP contribution in [0.1, 0.15) is 36.6 Å². The number of rotatable bonds is 22. The Kier molecular flexibility index (Phi) is 15.4. The molecule has 0 aliphatic heterocycles. The normalized spacial score (nSPS) is 16.6. The zero-order valence-electron chi connectivity index (χ0n) is 30.2. The van der Waals surface area contributed by atoms with Crippen LogP contribution in [0.2, 0.25) is 0 Å². The van der Waals surface area contributed by atoms with Crippen molar-refractivity contribution < 1.29 is 65.2 Å². The molecule has 3 aromatic heterocycles. The Bertz CT molecular complexity index is 1780. The second-order valence-electron chi connectivity index (χ2n) is 13.0. The molecular weight excluding hydrogens is 712 g/mol. The Hall–Kier alpha value is -4.06. The molecule has 0 aliphatic rings. The monoisotopic (exact) mass is 765 g/mol. The molecule has 8 atom stereocenters. The number of nitrogens with two attached hydrogens (primary N) is 1. The molecule has 1 amide bonds. The molecule has 0 saturated carbocycles. The van der Waals surface area contributed by atoms with E-state index in [9.17, 15) is 45.6 Å². The average molecular weight is 766 g/mol. The number of aliphatic hydroxyl groups excluding tert-OH is 10. The summed E-state index contributed by atoms with van der Waals surface area (Å²) in [6, 6.07) is 7.25. The van der Waals surface area contributed by atoms with Gasteiger partial charge < -0.3 is 71.8 Å². The molecule has 20 heteroatoms. The number of anilines is 1. The van der Waals surface area contributed by atoms with Gasteiger partial charge in [0.15, 0.2) is 28.2 Å². The molecule has 0 saturated heterocycles. The number of hydrogen-bond acceptors (Lipinski definition) is 16. The molecule has 1 aromatic carbocycles. The number of aromatic amines is 1. The van der Waals surface area contributed by atoms with Crippen LogP contribution in [-0.4, -0.2) is 170 Å². The first kappa shape index (κ1) is 42.7. The number of fused-ring (bicyclic) bond motifs is 2. The van der Waals surface area contributed by atoms with Crippen LogP contribution in [0.25, 0.3) is 22.2 Å². The molecule has 0 bridgehead atoms. The number of aromatic nitrogens is 5. The van der Waals surface area contributed by atoms with Gasteiger partial charge in [-0.2, -0.15) is 0 Å². The minimum Gasteiger partial charge on any atom is -0.493 e. The van der Waals surface area contributed by atoms with E-state index >= 15 is 0 Å². The van der Waals surface area contributed by atoms with Gasteiger partial charge >= 0.3 is 0 Å². The van der Waals surface area contributed by atoms with Gasteiger partial charge in [0.2, 0.25) is 0 Å². The van der Waals surface area contributed by atoms with Crippen LogP contribution < -0.4 is 20.4 Å². The number of amides is 1. The summed E-state index contributed by atoms with van der Waals surface area (Å²) >= 11 is 0. The van der Waals surface area contributed by atoms with Gasteiger partial charge in [0.1, 0.15) is 54.4 Å². The molecule has 14 N–H and O–H groups in total. The van der Waals surface area contributed by atoms with Crippen molar-refractivity contribution in [2.45, 2.75) is 88.7 Å². The van der Waals surface area contributed by atoms with Gasteiger partial charge in [-0.15, -0.1) is 0 Å². The Balaban J connectivity index is 1.44. The van der Waals surface area contributed by atoms with Crippen LogP contribution in [-0.2, 0) is 19.6 Å². The van der Waals surface area contributed by atoms with Crippen molar-refractivity contribution in [2.24, 2.45) is 0 Å². The Labute approximate surface area is 310 Å². The van der Waals surface area contributed by atoms with E-state index in [1.807, 2.05) is 30.5 Å². The number of carbonyl (C=O) groups is 1. The van der Waals surface area contributed by atoms with Gasteiger partial charge in [0.05, 0.1) is 45.1 Å². The second kappa shape index (κ2) is 19.5. The summed E-state index contributed by atoms with van der Waals surface area (Å²) in [6.07, 6.45) is -12.4. The maximum Gasteiger partial charge on any atom is 0.277 e. The summed E-state index contributed by atoms with van der Waals surface area (Å²) in [5.74, 6) is 0.873. The highest BCUT2D eigenvalue weighted by atomic mass is 16.5. The van der Waals surface area contributed by atoms with Crippen LogP contribution in [0.15, 0.2) is 30.5 Å². The molecule has 0 aliphatic carbocycles. The predicted octanol–water partition coefficient (Wildman–Crippen LogP) is -4.31. The minimum absolute atomic E-state index is 0.00248. The van der Waals surface area contributed by atoms with Crippen LogP contribution >= 0.6 is 0 Å². The number of nitrogens with one attached hydrogen (secondary N) is 2. The first-order valence-corrected chi connectivity index (χ1v) is 17.7. The number of ether oxygens (including phenoxy) is 1. The number of nitrogens with zero attached hydrogens (tertiary/aromatic N) is 5. The zero-order valence-corrected chi connectivity index (χ0v) is 30.2. The third-order valence-corrected chi connectivity index (χ3v) is 9.25. The predicted molar refractivity (Wildman–Crippen MR) is 192 cm³/mol. The van der Waals surface area contributed by atoms with Crippen molar-refractivity contribution in [2.75, 3.05) is 45.2 Å². The van der Waals surface area contributed by atoms with Crippen LogP contribution in [0.4, 0.5) is 5.82 Å². The minimum atomic E-state index is -1.89. The number of imidazole rings is 1. The Morgan fingerprint density at radius 3 is 2.11 bits per heavy atom. The van der Waals surface area contributed by atoms with E-state index in [1.165, 1.54) is 4.90 Å². The van der Waals surface area contributed by atoms with E-state index in [1.54, 1.807) is 18.3 Å². The van der Waals surface area contributed by atoms with Crippen molar-refractivity contribution in [3.63, 3.8) is 0 Å². The smallest absolute Gasteiger partial charge is 0.277 e. The molecule has 0 fully saturated rings. The number of benzene rings is 1. The highest BCUT2D eigenvalue weighted by Gasteiger charge is 2.34. The van der Waals surface area contributed by atoms with Gasteiger partial charge in [-0.3, -0.25) is 9.69 Å². The molecule has 0 radical (unpaired) electrons. The molecule has 4 aromatic rings. The number of H-pyrrole nitrogens is 1. The topological polar surface area (TPSA) is 320 Å². The van der Waals surface area contributed by atoms with E-state index in [0.29, 0.717) is 30.0 Å². The van der Waals surface area contributed by atoms with Gasteiger partial charge in [-0.25, -0.2) is 19.1 Å². The lowest BCUT2D eigenvalue weighted by atomic mass is 10.0. The molecule has 54 heavy (non-hydrogen) atoms. The fourth-order valence-electron chi connectivity index (χ4n) is 6.26. The third kappa shape index (κ3) is 9.97. The van der Waals surface area contributed by atoms with Crippen molar-refractivity contribution in [1.82, 2.24) is 29.7 Å². The van der Waals surface area contributed by atoms with Gasteiger partial charge in [-0.05, 0) is 38.5 Å². The lowest BCUT2D eigenvalue weighted by molar-refractivity contribution is -0.676. The van der Waals surface area contributed by atoms with E-state index in [-0.39, 0.29) is 50.7 Å². The molecular formula is C34H53N8O12+. The van der Waals surface area contributed by atoms with E-state index < -0.39 is 68.0 Å². The highest BCUT2D eigenvalue weighted by Crippen LogP contribution is 2.22. The number of aryl methyl sites for hydroxylation is 2. The van der Waals surface area contributed by atoms with Gasteiger partial charge in [-0.1, -0.05) is 0 Å². The van der Waals surface area contributed by atoms with Crippen molar-refractivity contribution in [3.8, 4) is 5.75 Å². The van der Waals surface area contributed by atoms with Crippen LogP contribution in [0, 0.1) is 0 Å². The zero-order chi connectivity index (χ0) is 39.7. The summed E-state index contributed by atoms with van der Waals surface area (Å²) in [5.41, 5.74) is 8.77. The maximum atomic E-state index is 13.1. The first-order valence-electron chi connectivity index (χ1n) is 17.7. The Morgan fingerprint density at radius 1 is 0.926 bits per heavy atom. The summed E-state index contributed by atoms with van der Waals surface area (Å²) in [7, 11) is 0. The lowest BCUT2D eigenvalue weighted by Gasteiger charge is -2.33. The van der Waals surface area contributed by atoms with Crippen LogP contribution in [0.5, 0.6) is 5.75 Å². The highest BCUT2D eigenvalue weighted by molar-refractivity contribution is 5.98. The average Bonchev–Trinajstić information content (AvgIpc) is 3.76. The van der Waals surface area contributed by atoms with Gasteiger partial charge in [0, 0.05) is 31.9 Å². The summed E-state index contributed by atoms with van der Waals surface area (Å²) in [4.78, 5) is 26.0. The molecule has 8 unspecified atom stereocenters. The SMILES string of the molecule is CCn1c(CNC(=O)c2nc3cc[nH]c3nc2N)[n+](CC)c2cc(OCCCN(CC(O)C(O)C(O)C(O)CO)CC(O)C(O)C(O)C(O)CO)ccc21. The van der Waals surface area contributed by atoms with E-state index in [0.717, 1.165) is 16.9 Å². The fourth-order valence-corrected chi connectivity index (χ4v) is 6.26.